The number of halogens is 5. The van der Waals surface area contributed by atoms with E-state index in [9.17, 15) is 22.8 Å². The lowest BCUT2D eigenvalue weighted by atomic mass is 9.91. The van der Waals surface area contributed by atoms with Crippen LogP contribution in [-0.4, -0.2) is 35.2 Å². The molecule has 0 aliphatic heterocycles. The highest BCUT2D eigenvalue weighted by molar-refractivity contribution is 6.32. The molecule has 178 valence electrons. The van der Waals surface area contributed by atoms with Crippen molar-refractivity contribution in [2.24, 2.45) is 0 Å². The summed E-state index contributed by atoms with van der Waals surface area (Å²) in [4.78, 5) is 34.0. The Kier molecular flexibility index (Phi) is 7.95. The molecule has 0 aliphatic carbocycles. The monoisotopic (exact) mass is 513 g/mol. The zero-order valence-electron chi connectivity index (χ0n) is 17.4. The Bertz CT molecular complexity index is 1190. The number of nitrogens with zero attached hydrogens (tertiary/aromatic N) is 2. The number of hydrogen-bond acceptors (Lipinski definition) is 7. The largest absolute Gasteiger partial charge is 0.573 e. The molecule has 1 aromatic carbocycles. The van der Waals surface area contributed by atoms with Gasteiger partial charge in [-0.3, -0.25) is 14.6 Å². The van der Waals surface area contributed by atoms with Gasteiger partial charge in [0.05, 0.1) is 12.8 Å². The third-order valence-electron chi connectivity index (χ3n) is 4.52. The van der Waals surface area contributed by atoms with Crippen molar-refractivity contribution in [2.45, 2.75) is 18.8 Å². The van der Waals surface area contributed by atoms with Crippen molar-refractivity contribution in [1.82, 2.24) is 9.97 Å². The van der Waals surface area contributed by atoms with E-state index >= 15 is 0 Å². The number of rotatable bonds is 8. The van der Waals surface area contributed by atoms with Crippen molar-refractivity contribution in [3.8, 4) is 5.75 Å². The van der Waals surface area contributed by atoms with Gasteiger partial charge in [-0.15, -0.1) is 13.2 Å². The predicted octanol–water partition coefficient (Wildman–Crippen LogP) is 5.43. The Labute approximate surface area is 201 Å². The second-order valence-corrected chi connectivity index (χ2v) is 7.59. The first kappa shape index (κ1) is 25.3. The fourth-order valence-electron chi connectivity index (χ4n) is 3.02. The molecule has 0 radical (unpaired) electrons. The van der Waals surface area contributed by atoms with Crippen LogP contribution >= 0.6 is 23.2 Å². The summed E-state index contributed by atoms with van der Waals surface area (Å²) >= 11 is 11.9. The normalized spacial score (nSPS) is 12.1. The third kappa shape index (κ3) is 6.36. The van der Waals surface area contributed by atoms with Crippen molar-refractivity contribution in [3.05, 3.63) is 81.9 Å². The van der Waals surface area contributed by atoms with Crippen LogP contribution in [0.15, 0.2) is 54.9 Å². The Balaban J connectivity index is 1.96. The standard InChI is InChI=1S/C22H16Cl2F3N3O4/c1-33-21(32)18(14-9-13(5-6-15(14)23)34-22(25,26)27)20(31)19-16(3-2-8-28-19)29-10-12-4-7-17(24)30-11-12/h2-9,11,18,29H,10H2,1H3. The molecule has 3 aromatic rings. The second kappa shape index (κ2) is 10.7. The number of hydrogen-bond donors (Lipinski definition) is 1. The summed E-state index contributed by atoms with van der Waals surface area (Å²) in [6, 6.07) is 9.37. The molecule has 3 rings (SSSR count). The zero-order chi connectivity index (χ0) is 24.9. The van der Waals surface area contributed by atoms with E-state index in [2.05, 4.69) is 20.0 Å². The van der Waals surface area contributed by atoms with Gasteiger partial charge in [-0.1, -0.05) is 29.3 Å². The molecule has 0 amide bonds. The molecule has 1 unspecified atom stereocenters. The van der Waals surface area contributed by atoms with E-state index < -0.39 is 29.8 Å². The van der Waals surface area contributed by atoms with Crippen molar-refractivity contribution < 1.29 is 32.2 Å². The van der Waals surface area contributed by atoms with E-state index in [-0.39, 0.29) is 28.5 Å². The minimum atomic E-state index is -4.98. The van der Waals surface area contributed by atoms with Gasteiger partial charge < -0.3 is 14.8 Å². The number of carbonyl (C=O) groups excluding carboxylic acids is 2. The Morgan fingerprint density at radius 1 is 1.12 bits per heavy atom. The van der Waals surface area contributed by atoms with Gasteiger partial charge in [0.2, 0.25) is 5.78 Å². The lowest BCUT2D eigenvalue weighted by molar-refractivity contribution is -0.274. The molecule has 0 fully saturated rings. The van der Waals surface area contributed by atoms with E-state index in [1.165, 1.54) is 12.4 Å². The summed E-state index contributed by atoms with van der Waals surface area (Å²) in [5.74, 6) is -4.21. The summed E-state index contributed by atoms with van der Waals surface area (Å²) < 4.78 is 46.7. The summed E-state index contributed by atoms with van der Waals surface area (Å²) in [6.07, 6.45) is -2.11. The number of anilines is 1. The van der Waals surface area contributed by atoms with Gasteiger partial charge in [-0.05, 0) is 47.5 Å². The predicted molar refractivity (Wildman–Crippen MR) is 118 cm³/mol. The lowest BCUT2D eigenvalue weighted by Gasteiger charge is -2.18. The minimum absolute atomic E-state index is 0.129. The van der Waals surface area contributed by atoms with Crippen molar-refractivity contribution >= 4 is 40.6 Å². The SMILES string of the molecule is COC(=O)C(C(=O)c1ncccc1NCc1ccc(Cl)nc1)c1cc(OC(F)(F)F)ccc1Cl. The van der Waals surface area contributed by atoms with Crippen LogP contribution in [0.3, 0.4) is 0 Å². The maximum absolute atomic E-state index is 13.4. The quantitative estimate of drug-likeness (QED) is 0.186. The number of alkyl halides is 3. The van der Waals surface area contributed by atoms with Crippen LogP contribution < -0.4 is 10.1 Å². The molecular formula is C22H16Cl2F3N3O4. The highest BCUT2D eigenvalue weighted by atomic mass is 35.5. The highest BCUT2D eigenvalue weighted by Gasteiger charge is 2.36. The molecule has 0 bridgehead atoms. The topological polar surface area (TPSA) is 90.4 Å². The number of methoxy groups -OCH3 is 1. The van der Waals surface area contributed by atoms with E-state index in [4.69, 9.17) is 27.9 Å². The van der Waals surface area contributed by atoms with Crippen molar-refractivity contribution in [1.29, 1.82) is 0 Å². The summed E-state index contributed by atoms with van der Waals surface area (Å²) in [6.45, 7) is 0.245. The number of benzene rings is 1. The second-order valence-electron chi connectivity index (χ2n) is 6.79. The highest BCUT2D eigenvalue weighted by Crippen LogP contribution is 2.34. The summed E-state index contributed by atoms with van der Waals surface area (Å²) in [7, 11) is 1.04. The van der Waals surface area contributed by atoms with E-state index in [0.29, 0.717) is 5.15 Å². The molecule has 12 heteroatoms. The first-order chi connectivity index (χ1) is 16.1. The number of carbonyl (C=O) groups is 2. The number of nitrogens with one attached hydrogen (secondary N) is 1. The molecular weight excluding hydrogens is 498 g/mol. The maximum atomic E-state index is 13.4. The van der Waals surface area contributed by atoms with E-state index in [1.54, 1.807) is 24.3 Å². The molecule has 1 atom stereocenters. The number of aromatic nitrogens is 2. The van der Waals surface area contributed by atoms with Crippen molar-refractivity contribution in [3.63, 3.8) is 0 Å². The van der Waals surface area contributed by atoms with E-state index in [0.717, 1.165) is 30.9 Å². The lowest BCUT2D eigenvalue weighted by Crippen LogP contribution is -2.26. The number of esters is 1. The Hall–Kier alpha value is -3.37. The zero-order valence-corrected chi connectivity index (χ0v) is 18.9. The van der Waals surface area contributed by atoms with Gasteiger partial charge in [-0.2, -0.15) is 0 Å². The van der Waals surface area contributed by atoms with Crippen LogP contribution in [0, 0.1) is 0 Å². The molecule has 2 aromatic heterocycles. The van der Waals surface area contributed by atoms with Crippen LogP contribution in [0.2, 0.25) is 10.2 Å². The van der Waals surface area contributed by atoms with Gasteiger partial charge in [0.1, 0.15) is 22.5 Å². The maximum Gasteiger partial charge on any atom is 0.573 e. The first-order valence-corrected chi connectivity index (χ1v) is 10.3. The number of ketones is 1. The van der Waals surface area contributed by atoms with Gasteiger partial charge >= 0.3 is 12.3 Å². The smallest absolute Gasteiger partial charge is 0.468 e. The molecule has 34 heavy (non-hydrogen) atoms. The molecule has 2 heterocycles. The van der Waals surface area contributed by atoms with Crippen LogP contribution in [0.1, 0.15) is 27.5 Å². The number of Topliss-reactive ketones (excluding diaryl/α,β-unsaturated/α-hetero) is 1. The van der Waals surface area contributed by atoms with Crippen LogP contribution in [0.4, 0.5) is 18.9 Å². The van der Waals surface area contributed by atoms with Crippen molar-refractivity contribution in [2.75, 3.05) is 12.4 Å². The molecule has 1 N–H and O–H groups in total. The fraction of sp³-hybridized carbons (Fsp3) is 0.182. The molecule has 0 saturated carbocycles. The Morgan fingerprint density at radius 3 is 2.53 bits per heavy atom. The molecule has 7 nitrogen and oxygen atoms in total. The van der Waals surface area contributed by atoms with Crippen LogP contribution in [0.5, 0.6) is 5.75 Å². The number of ether oxygens (including phenoxy) is 2. The van der Waals surface area contributed by atoms with Gasteiger partial charge in [0, 0.05) is 24.0 Å². The Morgan fingerprint density at radius 2 is 1.88 bits per heavy atom. The van der Waals surface area contributed by atoms with Crippen LogP contribution in [0.25, 0.3) is 0 Å². The van der Waals surface area contributed by atoms with Gasteiger partial charge in [0.15, 0.2) is 0 Å². The van der Waals surface area contributed by atoms with Crippen LogP contribution in [-0.2, 0) is 16.1 Å². The first-order valence-electron chi connectivity index (χ1n) is 9.55. The fourth-order valence-corrected chi connectivity index (χ4v) is 3.36. The average molecular weight is 514 g/mol. The molecule has 0 saturated heterocycles. The average Bonchev–Trinajstić information content (AvgIpc) is 2.80. The summed E-state index contributed by atoms with van der Waals surface area (Å²) in [5.41, 5.74) is 0.656. The van der Waals surface area contributed by atoms with Gasteiger partial charge in [0.25, 0.3) is 0 Å². The summed E-state index contributed by atoms with van der Waals surface area (Å²) in [5, 5.41) is 3.21. The third-order valence-corrected chi connectivity index (χ3v) is 5.09. The van der Waals surface area contributed by atoms with E-state index in [1.807, 2.05) is 0 Å². The van der Waals surface area contributed by atoms with Gasteiger partial charge in [-0.25, -0.2) is 4.98 Å². The molecule has 0 spiro atoms. The molecule has 0 aliphatic rings. The minimum Gasteiger partial charge on any atom is -0.468 e. The number of pyridine rings is 2.